The topological polar surface area (TPSA) is 52.8 Å². The first-order valence-corrected chi connectivity index (χ1v) is 19.0. The molecule has 1 aliphatic carbocycles. The van der Waals surface area contributed by atoms with Gasteiger partial charge in [-0.15, -0.1) is 0 Å². The van der Waals surface area contributed by atoms with Crippen LogP contribution in [0.15, 0.2) is 188 Å². The van der Waals surface area contributed by atoms with Crippen molar-refractivity contribution in [3.63, 3.8) is 0 Å². The van der Waals surface area contributed by atoms with E-state index in [1.165, 1.54) is 22.1 Å². The smallest absolute Gasteiger partial charge is 0.164 e. The lowest BCUT2D eigenvalue weighted by molar-refractivity contribution is 0.224. The number of rotatable bonds is 6. The third-order valence-electron chi connectivity index (χ3n) is 11.0. The molecule has 0 amide bonds. The second-order valence-electron chi connectivity index (χ2n) is 14.3. The summed E-state index contributed by atoms with van der Waals surface area (Å²) in [6, 6.07) is 63.3. The predicted octanol–water partition coefficient (Wildman–Crippen LogP) is 12.4. The molecule has 0 spiro atoms. The average Bonchev–Trinajstić information content (AvgIpc) is 3.83. The van der Waals surface area contributed by atoms with Crippen LogP contribution in [0, 0.1) is 0 Å². The van der Waals surface area contributed by atoms with Crippen molar-refractivity contribution in [2.75, 3.05) is 0 Å². The summed E-state index contributed by atoms with van der Waals surface area (Å²) in [5.74, 6) is 2.71. The molecule has 2 unspecified atom stereocenters. The lowest BCUT2D eigenvalue weighted by Gasteiger charge is -2.23. The number of benzene rings is 7. The van der Waals surface area contributed by atoms with E-state index in [-0.39, 0.29) is 12.0 Å². The molecule has 0 bridgehead atoms. The molecule has 5 nitrogen and oxygen atoms in total. The molecule has 11 rings (SSSR count). The minimum absolute atomic E-state index is 0.0322. The molecule has 56 heavy (non-hydrogen) atoms. The van der Waals surface area contributed by atoms with Gasteiger partial charge in [-0.25, -0.2) is 15.0 Å². The molecule has 1 aliphatic heterocycles. The van der Waals surface area contributed by atoms with Crippen molar-refractivity contribution >= 4 is 17.0 Å². The van der Waals surface area contributed by atoms with Gasteiger partial charge in [0.1, 0.15) is 11.9 Å². The van der Waals surface area contributed by atoms with Gasteiger partial charge in [-0.1, -0.05) is 158 Å². The Morgan fingerprint density at radius 2 is 1.02 bits per heavy atom. The van der Waals surface area contributed by atoms with Gasteiger partial charge in [-0.3, -0.25) is 0 Å². The third-order valence-corrected chi connectivity index (χ3v) is 11.0. The largest absolute Gasteiger partial charge is 0.484 e. The minimum atomic E-state index is -0.210. The fourth-order valence-corrected chi connectivity index (χ4v) is 8.45. The summed E-state index contributed by atoms with van der Waals surface area (Å²) in [6.45, 7) is 0. The van der Waals surface area contributed by atoms with Crippen LogP contribution in [0.5, 0.6) is 5.75 Å². The maximum absolute atomic E-state index is 6.99. The first kappa shape index (κ1) is 32.1. The zero-order chi connectivity index (χ0) is 37.0. The predicted molar refractivity (Wildman–Crippen MR) is 225 cm³/mol. The van der Waals surface area contributed by atoms with Crippen LogP contribution in [0.2, 0.25) is 0 Å². The highest BCUT2D eigenvalue weighted by atomic mass is 16.5. The summed E-state index contributed by atoms with van der Waals surface area (Å²) in [4.78, 5) is 15.4. The van der Waals surface area contributed by atoms with Crippen molar-refractivity contribution in [3.05, 3.63) is 205 Å². The zero-order valence-electron chi connectivity index (χ0n) is 30.3. The van der Waals surface area contributed by atoms with Crippen LogP contribution in [-0.4, -0.2) is 19.5 Å². The van der Waals surface area contributed by atoms with Crippen molar-refractivity contribution in [2.45, 2.75) is 12.0 Å². The van der Waals surface area contributed by atoms with Crippen LogP contribution in [0.25, 0.3) is 79.1 Å². The summed E-state index contributed by atoms with van der Waals surface area (Å²) in [5, 5.41) is 1.19. The standard InChI is InChI=1S/C51H34N4O/c1-4-14-33(15-5-1)35-26-28-39(29-27-35)55-43-24-11-10-22-40(43)47-44(55)31-30-41-46-42(23-13-25-45(46)56-48(41)47)51-53-49(36-18-8-3-9-19-36)52-50(54-51)38-21-12-20-37(32-38)34-16-6-2-7-17-34/h1-32,41,48H. The van der Waals surface area contributed by atoms with Gasteiger partial charge < -0.3 is 9.30 Å². The highest BCUT2D eigenvalue weighted by molar-refractivity contribution is 5.92. The number of ether oxygens (including phenoxy) is 1. The Morgan fingerprint density at radius 3 is 1.77 bits per heavy atom. The first-order valence-electron chi connectivity index (χ1n) is 19.0. The minimum Gasteiger partial charge on any atom is -0.484 e. The maximum Gasteiger partial charge on any atom is 0.164 e. The highest BCUT2D eigenvalue weighted by Gasteiger charge is 2.42. The molecular weight excluding hydrogens is 685 g/mol. The molecule has 3 heterocycles. The zero-order valence-corrected chi connectivity index (χ0v) is 30.3. The third kappa shape index (κ3) is 5.36. The Bertz CT molecular complexity index is 2940. The Kier molecular flexibility index (Phi) is 7.56. The summed E-state index contributed by atoms with van der Waals surface area (Å²) in [6.07, 6.45) is 4.37. The molecule has 0 radical (unpaired) electrons. The molecule has 9 aromatic rings. The van der Waals surface area contributed by atoms with E-state index in [9.17, 15) is 0 Å². The van der Waals surface area contributed by atoms with Crippen molar-refractivity contribution in [3.8, 4) is 67.9 Å². The second-order valence-corrected chi connectivity index (χ2v) is 14.3. The Morgan fingerprint density at radius 1 is 0.446 bits per heavy atom. The van der Waals surface area contributed by atoms with E-state index in [1.54, 1.807) is 0 Å². The molecule has 264 valence electrons. The maximum atomic E-state index is 6.99. The van der Waals surface area contributed by atoms with Crippen LogP contribution >= 0.6 is 0 Å². The van der Waals surface area contributed by atoms with Gasteiger partial charge in [0.05, 0.1) is 11.2 Å². The highest BCUT2D eigenvalue weighted by Crippen LogP contribution is 2.55. The molecule has 2 atom stereocenters. The van der Waals surface area contributed by atoms with Crippen molar-refractivity contribution in [1.29, 1.82) is 0 Å². The van der Waals surface area contributed by atoms with Gasteiger partial charge in [-0.2, -0.15) is 0 Å². The number of nitrogens with zero attached hydrogens (tertiary/aromatic N) is 4. The molecule has 7 aromatic carbocycles. The van der Waals surface area contributed by atoms with E-state index < -0.39 is 0 Å². The van der Waals surface area contributed by atoms with Gasteiger partial charge in [0.15, 0.2) is 17.5 Å². The van der Waals surface area contributed by atoms with Crippen LogP contribution in [0.4, 0.5) is 0 Å². The molecule has 0 saturated carbocycles. The average molecular weight is 719 g/mol. The Labute approximate surface area is 324 Å². The number of hydrogen-bond acceptors (Lipinski definition) is 4. The van der Waals surface area contributed by atoms with Crippen LogP contribution in [0.3, 0.4) is 0 Å². The first-order chi connectivity index (χ1) is 27.8. The number of hydrogen-bond donors (Lipinski definition) is 0. The molecule has 5 heteroatoms. The number of fused-ring (bicyclic) bond motifs is 7. The number of para-hydroxylation sites is 1. The Hall–Kier alpha value is -7.37. The molecule has 0 saturated heterocycles. The van der Waals surface area contributed by atoms with Gasteiger partial charge in [0.2, 0.25) is 0 Å². The summed E-state index contributed by atoms with van der Waals surface area (Å²) < 4.78 is 9.36. The normalized spacial score (nSPS) is 15.2. The number of aromatic nitrogens is 4. The van der Waals surface area contributed by atoms with Crippen molar-refractivity contribution in [1.82, 2.24) is 19.5 Å². The fraction of sp³-hybridized carbons (Fsp3) is 0.0392. The van der Waals surface area contributed by atoms with Gasteiger partial charge >= 0.3 is 0 Å². The fourth-order valence-electron chi connectivity index (χ4n) is 8.45. The van der Waals surface area contributed by atoms with Crippen LogP contribution in [-0.2, 0) is 0 Å². The molecule has 0 fully saturated rings. The quantitative estimate of drug-likeness (QED) is 0.172. The summed E-state index contributed by atoms with van der Waals surface area (Å²) >= 11 is 0. The SMILES string of the molecule is C1=CC2c3c(cccc3-c3nc(-c4ccccc4)nc(-c4cccc(-c5ccccc5)c4)n3)OC2c2c1n(-c1ccc(-c3ccccc3)cc1)c1ccccc21. The van der Waals surface area contributed by atoms with Gasteiger partial charge in [0, 0.05) is 44.8 Å². The van der Waals surface area contributed by atoms with E-state index >= 15 is 0 Å². The van der Waals surface area contributed by atoms with E-state index in [4.69, 9.17) is 19.7 Å². The molecular formula is C51H34N4O. The van der Waals surface area contributed by atoms with E-state index in [1.807, 2.05) is 36.4 Å². The molecule has 2 aromatic heterocycles. The van der Waals surface area contributed by atoms with Gasteiger partial charge in [-0.05, 0) is 58.7 Å². The Balaban J connectivity index is 1.03. The summed E-state index contributed by atoms with van der Waals surface area (Å²) in [7, 11) is 0. The second kappa shape index (κ2) is 13.2. The van der Waals surface area contributed by atoms with Crippen LogP contribution in [0.1, 0.15) is 28.8 Å². The monoisotopic (exact) mass is 718 g/mol. The lowest BCUT2D eigenvalue weighted by Crippen LogP contribution is -2.14. The molecule has 0 N–H and O–H groups in total. The molecule has 2 aliphatic rings. The van der Waals surface area contributed by atoms with Crippen molar-refractivity contribution < 1.29 is 4.74 Å². The lowest BCUT2D eigenvalue weighted by atomic mass is 9.83. The van der Waals surface area contributed by atoms with E-state index in [2.05, 4.69) is 162 Å². The van der Waals surface area contributed by atoms with Crippen molar-refractivity contribution in [2.24, 2.45) is 0 Å². The van der Waals surface area contributed by atoms with E-state index in [0.29, 0.717) is 17.5 Å². The van der Waals surface area contributed by atoms with Gasteiger partial charge in [0.25, 0.3) is 0 Å². The van der Waals surface area contributed by atoms with Crippen LogP contribution < -0.4 is 4.74 Å². The van der Waals surface area contributed by atoms with E-state index in [0.717, 1.165) is 56.0 Å². The summed E-state index contributed by atoms with van der Waals surface area (Å²) in [5.41, 5.74) is 13.2.